The summed E-state index contributed by atoms with van der Waals surface area (Å²) in [7, 11) is -37.3. The zero-order valence-electron chi connectivity index (χ0n) is 69.0. The molecule has 0 radical (unpaired) electrons. The van der Waals surface area contributed by atoms with E-state index in [4.69, 9.17) is 34.7 Å². The van der Waals surface area contributed by atoms with Crippen molar-refractivity contribution in [2.45, 2.75) is 68.3 Å². The molecule has 0 fully saturated rings. The number of sulfone groups is 2. The molecule has 38 nitrogen and oxygen atoms in total. The average Bonchev–Trinajstić information content (AvgIpc) is 0.706. The van der Waals surface area contributed by atoms with Gasteiger partial charge in [0.25, 0.3) is 11.1 Å². The molecule has 14 rings (SSSR count). The molecule has 0 bridgehead atoms. The summed E-state index contributed by atoms with van der Waals surface area (Å²) in [6.07, 6.45) is -2.11. The number of pyridine rings is 2. The molecule has 0 saturated heterocycles. The van der Waals surface area contributed by atoms with Crippen LogP contribution in [0.4, 0.5) is 22.7 Å². The number of carboxylic acid groups (broad SMARTS) is 2. The van der Waals surface area contributed by atoms with Gasteiger partial charge in [-0.25, -0.2) is 43.3 Å². The number of esters is 2. The number of hydrogen-bond acceptors (Lipinski definition) is 36. The summed E-state index contributed by atoms with van der Waals surface area (Å²) in [4.78, 5) is 104. The first kappa shape index (κ1) is 119. The van der Waals surface area contributed by atoms with Gasteiger partial charge in [0.1, 0.15) is 64.3 Å². The van der Waals surface area contributed by atoms with Gasteiger partial charge in [0.2, 0.25) is 0 Å². The van der Waals surface area contributed by atoms with E-state index in [1.165, 1.54) is 48.5 Å². The first-order chi connectivity index (χ1) is 57.2. The van der Waals surface area contributed by atoms with Crippen LogP contribution in [0.25, 0.3) is 65.6 Å². The molecule has 12 aromatic rings. The maximum Gasteiger partial charge on any atom is 1.00 e. The Morgan fingerprint density at radius 3 is 1.12 bits per heavy atom. The van der Waals surface area contributed by atoms with Crippen LogP contribution in [0.5, 0.6) is 0 Å². The Bertz CT molecular complexity index is 7660. The summed E-state index contributed by atoms with van der Waals surface area (Å²) in [6.45, 7) is -0.641. The topological polar surface area (TPSA) is 656 Å². The molecular weight excluding hydrogens is 1950 g/mol. The number of anilines is 4. The fourth-order valence-corrected chi connectivity index (χ4v) is 18.7. The zero-order valence-corrected chi connectivity index (χ0v) is 91.5. The van der Waals surface area contributed by atoms with E-state index in [-0.39, 0.29) is 283 Å². The number of ether oxygens (including phenoxy) is 2. The van der Waals surface area contributed by atoms with Crippen LogP contribution in [0.1, 0.15) is 89.4 Å². The number of H-pyrrole nitrogens is 2. The van der Waals surface area contributed by atoms with Crippen molar-refractivity contribution in [3.05, 3.63) is 247 Å². The van der Waals surface area contributed by atoms with Crippen LogP contribution in [-0.2, 0) is 114 Å². The van der Waals surface area contributed by atoms with Gasteiger partial charge in [-0.15, -0.1) is 37.4 Å². The molecular formula is C76H48N4Na8O34S8. The van der Waals surface area contributed by atoms with Crippen LogP contribution in [-0.4, -0.2) is 151 Å². The predicted octanol–water partition coefficient (Wildman–Crippen LogP) is -20.2. The fraction of sp³-hybridized carbons (Fsp3) is 0.105. The number of ketones is 2. The van der Waals surface area contributed by atoms with E-state index in [1.807, 2.05) is 42.5 Å². The molecule has 0 spiro atoms. The Morgan fingerprint density at radius 1 is 0.392 bits per heavy atom. The third-order valence-electron chi connectivity index (χ3n) is 18.3. The maximum absolute atomic E-state index is 14.3. The summed E-state index contributed by atoms with van der Waals surface area (Å²) in [5.74, 6) is -8.72. The Kier molecular flexibility index (Phi) is 45.0. The minimum absolute atomic E-state index is 0. The van der Waals surface area contributed by atoms with Crippen LogP contribution < -0.4 is 268 Å². The molecule has 632 valence electrons. The Morgan fingerprint density at radius 2 is 0.738 bits per heavy atom. The SMILES string of the molecule is O=C([O-])CCCS(=O)(=O)c1c[c-]c(Nc2cc(S(=O)(=O)[O-])c3[nH]c(=O)c(C(=O)OCc4ccc5ccccc5c4)c4c3c2C(=O)c2ccccc2-4)c(S(=O)(=O)[O-])c1.O=C([O-])CCCS(=O)(=O)c1c[c-]c(Nc2cc(S(=O)(=O)[O-])c3[nH]c(=O)c(C(=O)OCc4cccc5ccccc45)c4c3c2C(=O)c2ccccc2-4)c(S(=O)(=O)[O-])c1.O=S(=O)=O.O=S(=O)=O.[Na+].[Na+].[Na+].[Na+].[Na+].[Na+].[Na+].[Na+]. The van der Waals surface area contributed by atoms with Gasteiger partial charge in [0.15, 0.2) is 11.6 Å². The van der Waals surface area contributed by atoms with Gasteiger partial charge < -0.3 is 68.1 Å². The number of aliphatic carboxylic acids is 2. The third kappa shape index (κ3) is 27.8. The first-order valence-corrected chi connectivity index (χ1v) is 45.1. The van der Waals surface area contributed by atoms with Crippen molar-refractivity contribution in [2.24, 2.45) is 0 Å². The number of carbonyl (C=O) groups is 6. The second-order valence-corrected chi connectivity index (χ2v) is 36.4. The molecule has 0 amide bonds. The third-order valence-corrected chi connectivity index (χ3v) is 25.3. The van der Waals surface area contributed by atoms with Crippen LogP contribution in [0.3, 0.4) is 0 Å². The maximum atomic E-state index is 14.3. The second-order valence-electron chi connectivity index (χ2n) is 25.9. The number of nitrogens with one attached hydrogen (secondary N) is 4. The number of hydrogen-bond donors (Lipinski definition) is 4. The van der Waals surface area contributed by atoms with Gasteiger partial charge in [0.05, 0.1) is 63.6 Å². The van der Waals surface area contributed by atoms with E-state index in [2.05, 4.69) is 32.7 Å². The number of aromatic amines is 2. The largest absolute Gasteiger partial charge is 1.00 e. The van der Waals surface area contributed by atoms with Crippen LogP contribution in [0, 0.1) is 12.1 Å². The summed E-state index contributed by atoms with van der Waals surface area (Å²) < 4.78 is 265. The molecule has 0 unspecified atom stereocenters. The number of benzene rings is 10. The average molecular weight is 2000 g/mol. The molecule has 0 aliphatic heterocycles. The molecule has 2 aliphatic rings. The van der Waals surface area contributed by atoms with E-state index in [1.54, 1.807) is 42.5 Å². The van der Waals surface area contributed by atoms with Crippen molar-refractivity contribution in [1.29, 1.82) is 0 Å². The minimum Gasteiger partial charge on any atom is -0.754 e. The monoisotopic (exact) mass is 2000 g/mol. The van der Waals surface area contributed by atoms with E-state index < -0.39 is 261 Å². The smallest absolute Gasteiger partial charge is 0.754 e. The van der Waals surface area contributed by atoms with Crippen molar-refractivity contribution in [3.63, 3.8) is 0 Å². The number of aromatic nitrogens is 2. The van der Waals surface area contributed by atoms with E-state index in [0.717, 1.165) is 33.7 Å². The molecule has 0 atom stereocenters. The number of carboxylic acids is 2. The van der Waals surface area contributed by atoms with Crippen LogP contribution in [0.15, 0.2) is 209 Å². The molecule has 0 saturated carbocycles. The van der Waals surface area contributed by atoms with Crippen LogP contribution in [0.2, 0.25) is 0 Å². The minimum atomic E-state index is -5.58. The van der Waals surface area contributed by atoms with Crippen molar-refractivity contribution in [2.75, 3.05) is 22.1 Å². The Balaban J connectivity index is 0.000000585. The van der Waals surface area contributed by atoms with Gasteiger partial charge in [-0.2, -0.15) is 24.3 Å². The Hall–Kier alpha value is -5.26. The van der Waals surface area contributed by atoms with E-state index in [0.29, 0.717) is 35.4 Å². The van der Waals surface area contributed by atoms with Crippen molar-refractivity contribution >= 4 is 183 Å². The first-order valence-electron chi connectivity index (χ1n) is 34.2. The second kappa shape index (κ2) is 49.2. The molecule has 130 heavy (non-hydrogen) atoms. The van der Waals surface area contributed by atoms with Crippen LogP contribution >= 0.6 is 0 Å². The van der Waals surface area contributed by atoms with Gasteiger partial charge in [-0.1, -0.05) is 139 Å². The number of carbonyl (C=O) groups excluding carboxylic acids is 6. The van der Waals surface area contributed by atoms with Crippen molar-refractivity contribution < 1.29 is 379 Å². The summed E-state index contributed by atoms with van der Waals surface area (Å²) >= 11 is 0. The van der Waals surface area contributed by atoms with Gasteiger partial charge in [0, 0.05) is 56.5 Å². The molecule has 2 heterocycles. The summed E-state index contributed by atoms with van der Waals surface area (Å²) in [5.41, 5.74) is -8.48. The quantitative estimate of drug-likeness (QED) is 0.0189. The molecule has 2 aliphatic carbocycles. The molecule has 2 aromatic heterocycles. The van der Waals surface area contributed by atoms with Crippen molar-refractivity contribution in [1.82, 2.24) is 9.97 Å². The molecule has 54 heteroatoms. The number of fused-ring (bicyclic) bond motifs is 6. The summed E-state index contributed by atoms with van der Waals surface area (Å²) in [6, 6.07) is 44.7. The fourth-order valence-electron chi connectivity index (χ4n) is 13.3. The summed E-state index contributed by atoms with van der Waals surface area (Å²) in [5, 5.41) is 28.9. The standard InChI is InChI=1S/2C38H27N2O14S3.8Na.2O3S/c41-30(42)13-6-16-55(46,47)22-14-15-26(28(17-22)56(48,49)50)39-27-18-29(57(51,52)53)35-33-31(24-11-3-4-12-25(24)36(43)32(27)33)34(37(44)40-35)38(45)54-19-21-9-5-8-20-7-1-2-10-23(20)21;41-30(42)10-5-15-55(46,47)23-13-14-26(28(17-23)56(48,49)50)39-27-18-29(57(51,52)53)35-33-31(24-8-3-4-9-25(24)36(43)32(27)33)34(37(44)40-35)38(45)54-19-20-11-12-21-6-1-2-7-22(21)16-20;;;;;;;;;2*1-4(2)3/h1-5,7-12,14,17-18,39H,6,13,16,19H2,(H,40,44)(H,41,42)(H,48,49,50)(H,51,52,53);1-4,6-9,11-13,16-18,39H,5,10,15,19H2,(H,40,44)(H,41,42)(H,48,49,50)(H,51,52,53);;;;;;;;;;/q2*-1;8*+1;;/p-6. The van der Waals surface area contributed by atoms with Crippen molar-refractivity contribution in [3.8, 4) is 22.3 Å². The van der Waals surface area contributed by atoms with Gasteiger partial charge >= 0.3 is 270 Å². The predicted molar refractivity (Wildman–Crippen MR) is 414 cm³/mol. The zero-order chi connectivity index (χ0) is 89.2. The number of rotatable bonds is 24. The normalized spacial score (nSPS) is 11.5. The van der Waals surface area contributed by atoms with E-state index >= 15 is 0 Å². The molecule has 10 aromatic carbocycles. The Labute approximate surface area is 917 Å². The van der Waals surface area contributed by atoms with E-state index in [9.17, 15) is 117 Å². The van der Waals surface area contributed by atoms with Gasteiger partial charge in [-0.05, 0) is 107 Å². The van der Waals surface area contributed by atoms with Gasteiger partial charge in [-0.3, -0.25) is 36.0 Å². The molecule has 4 N–H and O–H groups in total.